The number of ketones is 1. The number of hydrogen-bond donors (Lipinski definition) is 0. The first-order valence-corrected chi connectivity index (χ1v) is 4.94. The maximum atomic E-state index is 11.3. The summed E-state index contributed by atoms with van der Waals surface area (Å²) in [5.41, 5.74) is 0. The van der Waals surface area contributed by atoms with Crippen LogP contribution in [-0.2, 0) is 14.3 Å². The van der Waals surface area contributed by atoms with Crippen molar-refractivity contribution >= 4 is 11.8 Å². The van der Waals surface area contributed by atoms with Gasteiger partial charge < -0.3 is 9.64 Å². The van der Waals surface area contributed by atoms with Crippen LogP contribution in [0.2, 0.25) is 0 Å². The van der Waals surface area contributed by atoms with Crippen LogP contribution in [0.3, 0.4) is 0 Å². The topological polar surface area (TPSA) is 46.6 Å². The lowest BCUT2D eigenvalue weighted by molar-refractivity contribution is -0.151. The molecule has 4 heteroatoms. The van der Waals surface area contributed by atoms with Crippen molar-refractivity contribution in [2.24, 2.45) is 5.92 Å². The average Bonchev–Trinajstić information content (AvgIpc) is 2.16. The molecule has 0 aliphatic heterocycles. The summed E-state index contributed by atoms with van der Waals surface area (Å²) >= 11 is 0. The van der Waals surface area contributed by atoms with Crippen LogP contribution in [0.1, 0.15) is 13.3 Å². The molecule has 0 saturated carbocycles. The molecule has 0 radical (unpaired) electrons. The van der Waals surface area contributed by atoms with Crippen LogP contribution >= 0.6 is 0 Å². The minimum absolute atomic E-state index is 0.153. The molecule has 0 heterocycles. The molecule has 0 aromatic heterocycles. The molecule has 0 aliphatic carbocycles. The number of Topliss-reactive ketones (excluding diaryl/α,β-unsaturated/α-hetero) is 1. The van der Waals surface area contributed by atoms with Crippen LogP contribution in [0.5, 0.6) is 0 Å². The minimum atomic E-state index is -0.690. The Hall–Kier alpha value is -1.16. The number of rotatable bonds is 7. The van der Waals surface area contributed by atoms with Gasteiger partial charge in [-0.1, -0.05) is 6.08 Å². The summed E-state index contributed by atoms with van der Waals surface area (Å²) in [7, 11) is 3.78. The average molecular weight is 213 g/mol. The number of carbonyl (C=O) groups excluding carboxylic acids is 2. The quantitative estimate of drug-likeness (QED) is 0.358. The van der Waals surface area contributed by atoms with Crippen LogP contribution in [0.15, 0.2) is 12.7 Å². The summed E-state index contributed by atoms with van der Waals surface area (Å²) in [5, 5.41) is 0. The summed E-state index contributed by atoms with van der Waals surface area (Å²) in [4.78, 5) is 24.6. The maximum Gasteiger partial charge on any atom is 0.316 e. The molecule has 0 N–H and O–H groups in total. The predicted molar refractivity (Wildman–Crippen MR) is 58.5 cm³/mol. The second kappa shape index (κ2) is 7.17. The molecule has 0 fully saturated rings. The third-order valence-corrected chi connectivity index (χ3v) is 1.96. The normalized spacial score (nSPS) is 12.3. The van der Waals surface area contributed by atoms with E-state index < -0.39 is 11.9 Å². The van der Waals surface area contributed by atoms with Gasteiger partial charge in [-0.05, 0) is 21.0 Å². The van der Waals surface area contributed by atoms with E-state index in [0.717, 1.165) is 0 Å². The van der Waals surface area contributed by atoms with E-state index in [1.54, 1.807) is 6.92 Å². The van der Waals surface area contributed by atoms with Crippen molar-refractivity contribution in [1.29, 1.82) is 0 Å². The lowest BCUT2D eigenvalue weighted by Gasteiger charge is -2.12. The van der Waals surface area contributed by atoms with Gasteiger partial charge in [-0.2, -0.15) is 0 Å². The first kappa shape index (κ1) is 13.8. The molecule has 0 spiro atoms. The summed E-state index contributed by atoms with van der Waals surface area (Å²) in [6, 6.07) is 0. The largest absolute Gasteiger partial charge is 0.464 e. The Bertz CT molecular complexity index is 236. The highest BCUT2D eigenvalue weighted by Gasteiger charge is 2.21. The highest BCUT2D eigenvalue weighted by atomic mass is 16.5. The molecule has 0 aromatic rings. The number of likely N-dealkylation sites (N-methyl/N-ethyl adjacent to an activating group) is 1. The molecule has 0 saturated heterocycles. The van der Waals surface area contributed by atoms with Gasteiger partial charge in [-0.25, -0.2) is 0 Å². The Labute approximate surface area is 90.9 Å². The van der Waals surface area contributed by atoms with Crippen LogP contribution in [-0.4, -0.2) is 43.9 Å². The molecular weight excluding hydrogens is 194 g/mol. The molecule has 0 amide bonds. The Morgan fingerprint density at radius 1 is 1.47 bits per heavy atom. The second-order valence-electron chi connectivity index (χ2n) is 3.65. The van der Waals surface area contributed by atoms with Gasteiger partial charge in [0.25, 0.3) is 0 Å². The zero-order valence-corrected chi connectivity index (χ0v) is 9.66. The molecule has 0 aliphatic rings. The van der Waals surface area contributed by atoms with E-state index in [0.29, 0.717) is 13.2 Å². The van der Waals surface area contributed by atoms with E-state index in [9.17, 15) is 9.59 Å². The number of nitrogens with zero attached hydrogens (tertiary/aromatic N) is 1. The lowest BCUT2D eigenvalue weighted by atomic mass is 10.0. The first-order chi connectivity index (χ1) is 6.99. The van der Waals surface area contributed by atoms with Crippen LogP contribution in [0.25, 0.3) is 0 Å². The third kappa shape index (κ3) is 6.01. The molecule has 1 unspecified atom stereocenters. The molecular formula is C11H19NO3. The summed E-state index contributed by atoms with van der Waals surface area (Å²) in [6.45, 7) is 5.99. The van der Waals surface area contributed by atoms with Crippen molar-refractivity contribution in [1.82, 2.24) is 4.90 Å². The van der Waals surface area contributed by atoms with Crippen LogP contribution < -0.4 is 0 Å². The van der Waals surface area contributed by atoms with E-state index in [1.165, 1.54) is 6.08 Å². The van der Waals surface area contributed by atoms with Gasteiger partial charge in [-0.3, -0.25) is 9.59 Å². The SMILES string of the molecule is C=CCC(=O)C(C)C(=O)OCCN(C)C. The van der Waals surface area contributed by atoms with Crippen molar-refractivity contribution in [3.05, 3.63) is 12.7 Å². The Kier molecular flexibility index (Phi) is 6.62. The fourth-order valence-electron chi connectivity index (χ4n) is 0.904. The predicted octanol–water partition coefficient (Wildman–Crippen LogP) is 0.872. The van der Waals surface area contributed by atoms with Crippen molar-refractivity contribution in [3.8, 4) is 0 Å². The highest BCUT2D eigenvalue weighted by molar-refractivity contribution is 5.99. The molecule has 86 valence electrons. The molecule has 0 rings (SSSR count). The van der Waals surface area contributed by atoms with E-state index in [-0.39, 0.29) is 12.2 Å². The van der Waals surface area contributed by atoms with Crippen molar-refractivity contribution in [2.45, 2.75) is 13.3 Å². The van der Waals surface area contributed by atoms with Crippen molar-refractivity contribution in [3.63, 3.8) is 0 Å². The Balaban J connectivity index is 3.88. The lowest BCUT2D eigenvalue weighted by Crippen LogP contribution is -2.26. The molecule has 0 aromatic carbocycles. The maximum absolute atomic E-state index is 11.3. The van der Waals surface area contributed by atoms with Gasteiger partial charge in [-0.15, -0.1) is 6.58 Å². The number of ether oxygens (including phenoxy) is 1. The van der Waals surface area contributed by atoms with Gasteiger partial charge in [0.2, 0.25) is 0 Å². The third-order valence-electron chi connectivity index (χ3n) is 1.96. The fraction of sp³-hybridized carbons (Fsp3) is 0.636. The van der Waals surface area contributed by atoms with Gasteiger partial charge in [0.15, 0.2) is 5.78 Å². The Morgan fingerprint density at radius 3 is 2.53 bits per heavy atom. The summed E-state index contributed by atoms with van der Waals surface area (Å²) < 4.78 is 4.95. The van der Waals surface area contributed by atoms with Gasteiger partial charge >= 0.3 is 5.97 Å². The van der Waals surface area contributed by atoms with Crippen molar-refractivity contribution < 1.29 is 14.3 Å². The fourth-order valence-corrected chi connectivity index (χ4v) is 0.904. The number of hydrogen-bond acceptors (Lipinski definition) is 4. The van der Waals surface area contributed by atoms with Crippen LogP contribution in [0, 0.1) is 5.92 Å². The monoisotopic (exact) mass is 213 g/mol. The van der Waals surface area contributed by atoms with Gasteiger partial charge in [0.05, 0.1) is 0 Å². The molecule has 0 bridgehead atoms. The van der Waals surface area contributed by atoms with Gasteiger partial charge in [0, 0.05) is 13.0 Å². The standard InChI is InChI=1S/C11H19NO3/c1-5-6-10(13)9(2)11(14)15-8-7-12(3)4/h5,9H,1,6-8H2,2-4H3. The second-order valence-corrected chi connectivity index (χ2v) is 3.65. The number of allylic oxidation sites excluding steroid dienone is 1. The van der Waals surface area contributed by atoms with Gasteiger partial charge in [0.1, 0.15) is 12.5 Å². The smallest absolute Gasteiger partial charge is 0.316 e. The number of esters is 1. The summed E-state index contributed by atoms with van der Waals surface area (Å²) in [6.07, 6.45) is 1.70. The van der Waals surface area contributed by atoms with Crippen molar-refractivity contribution in [2.75, 3.05) is 27.2 Å². The number of carbonyl (C=O) groups is 2. The van der Waals surface area contributed by atoms with E-state index in [2.05, 4.69) is 6.58 Å². The highest BCUT2D eigenvalue weighted by Crippen LogP contribution is 2.03. The first-order valence-electron chi connectivity index (χ1n) is 4.94. The molecule has 15 heavy (non-hydrogen) atoms. The zero-order chi connectivity index (χ0) is 11.8. The summed E-state index contributed by atoms with van der Waals surface area (Å²) in [5.74, 6) is -1.30. The Morgan fingerprint density at radius 2 is 2.07 bits per heavy atom. The van der Waals surface area contributed by atoms with E-state index >= 15 is 0 Å². The van der Waals surface area contributed by atoms with Crippen LogP contribution in [0.4, 0.5) is 0 Å². The van der Waals surface area contributed by atoms with E-state index in [4.69, 9.17) is 4.74 Å². The molecule has 1 atom stereocenters. The minimum Gasteiger partial charge on any atom is -0.464 e. The van der Waals surface area contributed by atoms with E-state index in [1.807, 2.05) is 19.0 Å². The zero-order valence-electron chi connectivity index (χ0n) is 9.66. The molecule has 4 nitrogen and oxygen atoms in total.